The topological polar surface area (TPSA) is 52.6 Å². The number of pyridine rings is 1. The van der Waals surface area contributed by atoms with Gasteiger partial charge in [-0.3, -0.25) is 4.99 Å². The molecule has 0 bridgehead atoms. The van der Waals surface area contributed by atoms with E-state index < -0.39 is 0 Å². The highest BCUT2D eigenvalue weighted by atomic mass is 15.2. The first-order valence-electron chi connectivity index (χ1n) is 9.85. The van der Waals surface area contributed by atoms with Gasteiger partial charge in [-0.05, 0) is 23.3 Å². The molecule has 0 aliphatic rings. The highest BCUT2D eigenvalue weighted by Gasteiger charge is 2.14. The lowest BCUT2D eigenvalue weighted by Gasteiger charge is -2.20. The summed E-state index contributed by atoms with van der Waals surface area (Å²) in [6.07, 6.45) is 0. The number of aromatic nitrogens is 1. The van der Waals surface area contributed by atoms with Crippen molar-refractivity contribution >= 4 is 11.8 Å². The Bertz CT molecular complexity index is 867. The normalized spacial score (nSPS) is 11.4. The third-order valence-corrected chi connectivity index (χ3v) is 4.79. The van der Waals surface area contributed by atoms with E-state index in [1.807, 2.05) is 49.3 Å². The van der Waals surface area contributed by atoms with Gasteiger partial charge in [-0.1, -0.05) is 66.7 Å². The van der Waals surface area contributed by atoms with Crippen LogP contribution >= 0.6 is 0 Å². The second-order valence-electron chi connectivity index (χ2n) is 7.06. The molecule has 0 unspecified atom stereocenters. The van der Waals surface area contributed by atoms with Gasteiger partial charge in [0.2, 0.25) is 0 Å². The van der Waals surface area contributed by atoms with Crippen LogP contribution in [0.15, 0.2) is 83.9 Å². The van der Waals surface area contributed by atoms with Gasteiger partial charge in [0.15, 0.2) is 5.96 Å². The van der Waals surface area contributed by atoms with Gasteiger partial charge in [0.05, 0.1) is 12.2 Å². The molecule has 1 heterocycles. The summed E-state index contributed by atoms with van der Waals surface area (Å²) >= 11 is 0. The lowest BCUT2D eigenvalue weighted by molar-refractivity contribution is 0.724. The van der Waals surface area contributed by atoms with Crippen molar-refractivity contribution in [1.29, 1.82) is 0 Å². The molecular formula is C24H29N5. The molecular weight excluding hydrogens is 358 g/mol. The number of benzene rings is 2. The number of hydrogen-bond acceptors (Lipinski definition) is 3. The minimum absolute atomic E-state index is 0.242. The van der Waals surface area contributed by atoms with Crippen molar-refractivity contribution in [1.82, 2.24) is 15.6 Å². The maximum Gasteiger partial charge on any atom is 0.191 e. The van der Waals surface area contributed by atoms with Crippen LogP contribution in [0, 0.1) is 0 Å². The van der Waals surface area contributed by atoms with Crippen molar-refractivity contribution in [2.24, 2.45) is 4.99 Å². The van der Waals surface area contributed by atoms with E-state index in [9.17, 15) is 0 Å². The maximum atomic E-state index is 4.65. The van der Waals surface area contributed by atoms with Crippen molar-refractivity contribution in [3.8, 4) is 0 Å². The van der Waals surface area contributed by atoms with Crippen LogP contribution in [0.2, 0.25) is 0 Å². The number of hydrogen-bond donors (Lipinski definition) is 2. The molecule has 0 aliphatic carbocycles. The first kappa shape index (κ1) is 20.4. The summed E-state index contributed by atoms with van der Waals surface area (Å²) in [7, 11) is 5.78. The summed E-state index contributed by atoms with van der Waals surface area (Å²) in [6, 6.07) is 27.2. The molecule has 0 spiro atoms. The van der Waals surface area contributed by atoms with Gasteiger partial charge in [-0.15, -0.1) is 0 Å². The Morgan fingerprint density at radius 1 is 0.862 bits per heavy atom. The molecule has 3 rings (SSSR count). The van der Waals surface area contributed by atoms with Crippen LogP contribution in [0.1, 0.15) is 22.7 Å². The fourth-order valence-electron chi connectivity index (χ4n) is 3.21. The van der Waals surface area contributed by atoms with Crippen LogP contribution < -0.4 is 15.5 Å². The predicted molar refractivity (Wildman–Crippen MR) is 121 cm³/mol. The van der Waals surface area contributed by atoms with Crippen LogP contribution in [0.4, 0.5) is 5.82 Å². The molecule has 2 N–H and O–H groups in total. The Hall–Kier alpha value is -3.34. The first-order valence-corrected chi connectivity index (χ1v) is 9.85. The summed E-state index contributed by atoms with van der Waals surface area (Å²) in [5, 5.41) is 6.84. The van der Waals surface area contributed by atoms with Gasteiger partial charge in [0.1, 0.15) is 5.82 Å². The third-order valence-electron chi connectivity index (χ3n) is 4.79. The van der Waals surface area contributed by atoms with Crippen LogP contribution in [0.3, 0.4) is 0 Å². The van der Waals surface area contributed by atoms with E-state index in [2.05, 4.69) is 69.1 Å². The number of nitrogens with zero attached hydrogens (tertiary/aromatic N) is 3. The smallest absolute Gasteiger partial charge is 0.191 e. The highest BCUT2D eigenvalue weighted by Crippen LogP contribution is 2.23. The molecule has 0 amide bonds. The van der Waals surface area contributed by atoms with Crippen LogP contribution in [-0.2, 0) is 6.54 Å². The second-order valence-corrected chi connectivity index (χ2v) is 7.06. The molecule has 0 saturated carbocycles. The minimum atomic E-state index is 0.242. The van der Waals surface area contributed by atoms with Crippen molar-refractivity contribution in [2.45, 2.75) is 12.5 Å². The molecule has 150 valence electrons. The van der Waals surface area contributed by atoms with Gasteiger partial charge in [0.25, 0.3) is 0 Å². The SMILES string of the molecule is CN=C(NCc1cccc(N(C)C)n1)NCC(c1ccccc1)c1ccccc1. The lowest BCUT2D eigenvalue weighted by Crippen LogP contribution is -2.39. The average molecular weight is 388 g/mol. The van der Waals surface area contributed by atoms with E-state index in [1.54, 1.807) is 7.05 Å². The average Bonchev–Trinajstić information content (AvgIpc) is 2.77. The molecule has 5 nitrogen and oxygen atoms in total. The van der Waals surface area contributed by atoms with Gasteiger partial charge in [-0.2, -0.15) is 0 Å². The third kappa shape index (κ3) is 5.82. The van der Waals surface area contributed by atoms with Crippen molar-refractivity contribution in [3.63, 3.8) is 0 Å². The zero-order valence-corrected chi connectivity index (χ0v) is 17.3. The molecule has 0 fully saturated rings. The Kier molecular flexibility index (Phi) is 7.22. The largest absolute Gasteiger partial charge is 0.363 e. The number of rotatable bonds is 7. The van der Waals surface area contributed by atoms with E-state index in [0.717, 1.165) is 24.0 Å². The van der Waals surface area contributed by atoms with Crippen molar-refractivity contribution in [2.75, 3.05) is 32.6 Å². The molecule has 0 radical (unpaired) electrons. The molecule has 3 aromatic rings. The van der Waals surface area contributed by atoms with E-state index in [-0.39, 0.29) is 5.92 Å². The van der Waals surface area contributed by atoms with E-state index in [4.69, 9.17) is 0 Å². The van der Waals surface area contributed by atoms with Crippen LogP contribution in [-0.4, -0.2) is 38.6 Å². The van der Waals surface area contributed by atoms with Gasteiger partial charge >= 0.3 is 0 Å². The monoisotopic (exact) mass is 387 g/mol. The summed E-state index contributed by atoms with van der Waals surface area (Å²) in [5.41, 5.74) is 3.53. The van der Waals surface area contributed by atoms with Crippen LogP contribution in [0.25, 0.3) is 0 Å². The Labute approximate surface area is 173 Å². The molecule has 5 heteroatoms. The number of anilines is 1. The Morgan fingerprint density at radius 2 is 1.48 bits per heavy atom. The standard InChI is InChI=1S/C24H29N5/c1-25-24(26-17-21-15-10-16-23(28-21)29(2)3)27-18-22(19-11-6-4-7-12-19)20-13-8-5-9-14-20/h4-16,22H,17-18H2,1-3H3,(H2,25,26,27). The van der Waals surface area contributed by atoms with E-state index in [1.165, 1.54) is 11.1 Å². The van der Waals surface area contributed by atoms with E-state index >= 15 is 0 Å². The molecule has 0 aliphatic heterocycles. The predicted octanol–water partition coefficient (Wildman–Crippen LogP) is 3.64. The van der Waals surface area contributed by atoms with E-state index in [0.29, 0.717) is 6.54 Å². The Balaban J connectivity index is 1.66. The number of nitrogens with one attached hydrogen (secondary N) is 2. The van der Waals surface area contributed by atoms with Crippen molar-refractivity contribution < 1.29 is 0 Å². The number of aliphatic imine (C=N–C) groups is 1. The minimum Gasteiger partial charge on any atom is -0.363 e. The highest BCUT2D eigenvalue weighted by molar-refractivity contribution is 5.79. The van der Waals surface area contributed by atoms with Gasteiger partial charge in [0, 0.05) is 33.6 Å². The molecule has 0 atom stereocenters. The zero-order chi connectivity index (χ0) is 20.5. The molecule has 1 aromatic heterocycles. The van der Waals surface area contributed by atoms with Crippen molar-refractivity contribution in [3.05, 3.63) is 95.7 Å². The molecule has 0 saturated heterocycles. The fourth-order valence-corrected chi connectivity index (χ4v) is 3.21. The Morgan fingerprint density at radius 3 is 2.03 bits per heavy atom. The summed E-state index contributed by atoms with van der Waals surface area (Å²) in [6.45, 7) is 1.36. The fraction of sp³-hybridized carbons (Fsp3) is 0.250. The summed E-state index contributed by atoms with van der Waals surface area (Å²) in [5.74, 6) is 1.95. The zero-order valence-electron chi connectivity index (χ0n) is 17.3. The second kappa shape index (κ2) is 10.3. The molecule has 29 heavy (non-hydrogen) atoms. The lowest BCUT2D eigenvalue weighted by atomic mass is 9.91. The summed E-state index contributed by atoms with van der Waals surface area (Å²) < 4.78 is 0. The van der Waals surface area contributed by atoms with Crippen LogP contribution in [0.5, 0.6) is 0 Å². The maximum absolute atomic E-state index is 4.65. The summed E-state index contributed by atoms with van der Waals surface area (Å²) in [4.78, 5) is 11.0. The number of guanidine groups is 1. The first-order chi connectivity index (χ1) is 14.2. The van der Waals surface area contributed by atoms with Gasteiger partial charge < -0.3 is 15.5 Å². The molecule has 2 aromatic carbocycles. The quantitative estimate of drug-likeness (QED) is 0.480. The van der Waals surface area contributed by atoms with Gasteiger partial charge in [-0.25, -0.2) is 4.98 Å².